The van der Waals surface area contributed by atoms with Crippen LogP contribution in [0.4, 0.5) is 0 Å². The summed E-state index contributed by atoms with van der Waals surface area (Å²) < 4.78 is 0. The van der Waals surface area contributed by atoms with E-state index in [9.17, 15) is 0 Å². The van der Waals surface area contributed by atoms with Crippen molar-refractivity contribution < 1.29 is 0 Å². The number of nitrogens with one attached hydrogen (secondary N) is 2. The van der Waals surface area contributed by atoms with Crippen LogP contribution in [-0.2, 0) is 12.8 Å². The summed E-state index contributed by atoms with van der Waals surface area (Å²) in [6.45, 7) is 15.3. The molecule has 0 heterocycles. The maximum atomic E-state index is 3.53. The average Bonchev–Trinajstić information content (AvgIpc) is 2.28. The quantitative estimate of drug-likeness (QED) is 0.830. The third-order valence-corrected chi connectivity index (χ3v) is 3.16. The highest BCUT2D eigenvalue weighted by molar-refractivity contribution is 5.23. The maximum Gasteiger partial charge on any atom is 0.00966 e. The fourth-order valence-corrected chi connectivity index (χ4v) is 2.04. The fourth-order valence-electron chi connectivity index (χ4n) is 2.04. The van der Waals surface area contributed by atoms with Gasteiger partial charge in [0.15, 0.2) is 0 Å². The summed E-state index contributed by atoms with van der Waals surface area (Å²) in [5, 5.41) is 7.05. The van der Waals surface area contributed by atoms with Gasteiger partial charge >= 0.3 is 0 Å². The van der Waals surface area contributed by atoms with Crippen LogP contribution in [0.15, 0.2) is 24.3 Å². The number of benzene rings is 1. The summed E-state index contributed by atoms with van der Waals surface area (Å²) >= 11 is 0. The Morgan fingerprint density at radius 1 is 0.650 bits per heavy atom. The summed E-state index contributed by atoms with van der Waals surface area (Å²) in [5.74, 6) is 0. The predicted molar refractivity (Wildman–Crippen MR) is 89.4 cm³/mol. The lowest BCUT2D eigenvalue weighted by atomic mass is 10.0. The van der Waals surface area contributed by atoms with Gasteiger partial charge in [0.1, 0.15) is 0 Å². The van der Waals surface area contributed by atoms with E-state index in [-0.39, 0.29) is 11.1 Å². The SMILES string of the molecule is CC(C)(C)NCCc1ccc(CCNC(C)(C)C)cc1. The van der Waals surface area contributed by atoms with E-state index in [0.717, 1.165) is 25.9 Å². The van der Waals surface area contributed by atoms with Gasteiger partial charge in [-0.05, 0) is 78.6 Å². The van der Waals surface area contributed by atoms with Gasteiger partial charge in [-0.1, -0.05) is 24.3 Å². The molecule has 0 unspecified atom stereocenters. The van der Waals surface area contributed by atoms with E-state index in [1.165, 1.54) is 11.1 Å². The van der Waals surface area contributed by atoms with Crippen LogP contribution in [-0.4, -0.2) is 24.2 Å². The molecule has 1 aromatic rings. The molecular formula is C18H32N2. The zero-order valence-corrected chi connectivity index (χ0v) is 14.1. The highest BCUT2D eigenvalue weighted by atomic mass is 14.9. The van der Waals surface area contributed by atoms with Crippen LogP contribution in [0.1, 0.15) is 52.7 Å². The normalized spacial score (nSPS) is 12.7. The Balaban J connectivity index is 2.33. The van der Waals surface area contributed by atoms with Crippen molar-refractivity contribution in [2.24, 2.45) is 0 Å². The van der Waals surface area contributed by atoms with Crippen LogP contribution in [0, 0.1) is 0 Å². The largest absolute Gasteiger partial charge is 0.312 e. The smallest absolute Gasteiger partial charge is 0.00966 e. The summed E-state index contributed by atoms with van der Waals surface area (Å²) in [6, 6.07) is 9.04. The molecule has 0 aliphatic rings. The number of rotatable bonds is 6. The van der Waals surface area contributed by atoms with Crippen molar-refractivity contribution in [2.75, 3.05) is 13.1 Å². The molecule has 2 N–H and O–H groups in total. The van der Waals surface area contributed by atoms with Crippen molar-refractivity contribution in [1.29, 1.82) is 0 Å². The van der Waals surface area contributed by atoms with E-state index >= 15 is 0 Å². The first kappa shape index (κ1) is 17.2. The molecule has 0 bridgehead atoms. The van der Waals surface area contributed by atoms with Gasteiger partial charge in [-0.25, -0.2) is 0 Å². The Morgan fingerprint density at radius 2 is 0.950 bits per heavy atom. The molecule has 0 saturated heterocycles. The molecule has 0 amide bonds. The highest BCUT2D eigenvalue weighted by Crippen LogP contribution is 2.07. The number of hydrogen-bond acceptors (Lipinski definition) is 2. The molecule has 0 saturated carbocycles. The van der Waals surface area contributed by atoms with Gasteiger partial charge < -0.3 is 10.6 Å². The third-order valence-electron chi connectivity index (χ3n) is 3.16. The summed E-state index contributed by atoms with van der Waals surface area (Å²) in [5.41, 5.74) is 3.24. The lowest BCUT2D eigenvalue weighted by Crippen LogP contribution is -2.37. The molecule has 114 valence electrons. The van der Waals surface area contributed by atoms with E-state index in [1.54, 1.807) is 0 Å². The lowest BCUT2D eigenvalue weighted by molar-refractivity contribution is 0.428. The topological polar surface area (TPSA) is 24.1 Å². The van der Waals surface area contributed by atoms with Crippen molar-refractivity contribution in [2.45, 2.75) is 65.5 Å². The van der Waals surface area contributed by atoms with E-state index < -0.39 is 0 Å². The second-order valence-corrected chi connectivity index (χ2v) is 7.67. The minimum absolute atomic E-state index is 0.207. The molecule has 1 aromatic carbocycles. The van der Waals surface area contributed by atoms with Crippen LogP contribution < -0.4 is 10.6 Å². The van der Waals surface area contributed by atoms with Gasteiger partial charge in [0.05, 0.1) is 0 Å². The van der Waals surface area contributed by atoms with Crippen molar-refractivity contribution in [3.63, 3.8) is 0 Å². The second kappa shape index (κ2) is 7.24. The molecule has 2 heteroatoms. The molecule has 0 aromatic heterocycles. The molecule has 1 rings (SSSR count). The van der Waals surface area contributed by atoms with Crippen molar-refractivity contribution in [3.8, 4) is 0 Å². The third kappa shape index (κ3) is 8.34. The van der Waals surface area contributed by atoms with Crippen molar-refractivity contribution in [1.82, 2.24) is 10.6 Å². The molecule has 2 nitrogen and oxygen atoms in total. The maximum absolute atomic E-state index is 3.53. The predicted octanol–water partition coefficient (Wildman–Crippen LogP) is 3.55. The van der Waals surface area contributed by atoms with Crippen molar-refractivity contribution in [3.05, 3.63) is 35.4 Å². The monoisotopic (exact) mass is 276 g/mol. The molecule has 0 atom stereocenters. The lowest BCUT2D eigenvalue weighted by Gasteiger charge is -2.21. The summed E-state index contributed by atoms with van der Waals surface area (Å²) in [6.07, 6.45) is 2.19. The Morgan fingerprint density at radius 3 is 1.20 bits per heavy atom. The van der Waals surface area contributed by atoms with Gasteiger partial charge in [-0.15, -0.1) is 0 Å². The average molecular weight is 276 g/mol. The Bertz CT molecular complexity index is 340. The van der Waals surface area contributed by atoms with Gasteiger partial charge in [0, 0.05) is 11.1 Å². The van der Waals surface area contributed by atoms with E-state index in [0.29, 0.717) is 0 Å². The Hall–Kier alpha value is -0.860. The molecule has 0 aliphatic carbocycles. The highest BCUT2D eigenvalue weighted by Gasteiger charge is 2.08. The standard InChI is InChI=1S/C18H32N2/c1-17(2,3)19-13-11-15-7-9-16(10-8-15)12-14-20-18(4,5)6/h7-10,19-20H,11-14H2,1-6H3. The summed E-state index contributed by atoms with van der Waals surface area (Å²) in [4.78, 5) is 0. The molecule has 0 spiro atoms. The van der Waals surface area contributed by atoms with E-state index in [1.807, 2.05) is 0 Å². The number of hydrogen-bond donors (Lipinski definition) is 2. The first-order chi connectivity index (χ1) is 9.16. The molecule has 0 radical (unpaired) electrons. The Labute approximate surface area is 125 Å². The van der Waals surface area contributed by atoms with E-state index in [2.05, 4.69) is 76.4 Å². The molecule has 0 fully saturated rings. The fraction of sp³-hybridized carbons (Fsp3) is 0.667. The first-order valence-corrected chi connectivity index (χ1v) is 7.74. The van der Waals surface area contributed by atoms with Crippen molar-refractivity contribution >= 4 is 0 Å². The molecule has 0 aliphatic heterocycles. The van der Waals surface area contributed by atoms with Crippen LogP contribution in [0.5, 0.6) is 0 Å². The second-order valence-electron chi connectivity index (χ2n) is 7.67. The van der Waals surface area contributed by atoms with Gasteiger partial charge in [-0.2, -0.15) is 0 Å². The molecular weight excluding hydrogens is 244 g/mol. The van der Waals surface area contributed by atoms with E-state index in [4.69, 9.17) is 0 Å². The van der Waals surface area contributed by atoms with Crippen LogP contribution >= 0.6 is 0 Å². The van der Waals surface area contributed by atoms with Gasteiger partial charge in [0.25, 0.3) is 0 Å². The minimum atomic E-state index is 0.207. The zero-order valence-electron chi connectivity index (χ0n) is 14.1. The zero-order chi connectivity index (χ0) is 15.2. The van der Waals surface area contributed by atoms with Crippen LogP contribution in [0.3, 0.4) is 0 Å². The summed E-state index contributed by atoms with van der Waals surface area (Å²) in [7, 11) is 0. The van der Waals surface area contributed by atoms with Crippen LogP contribution in [0.2, 0.25) is 0 Å². The van der Waals surface area contributed by atoms with Crippen LogP contribution in [0.25, 0.3) is 0 Å². The van der Waals surface area contributed by atoms with Gasteiger partial charge in [0.2, 0.25) is 0 Å². The Kier molecular flexibility index (Phi) is 6.22. The minimum Gasteiger partial charge on any atom is -0.312 e. The first-order valence-electron chi connectivity index (χ1n) is 7.74. The molecule has 20 heavy (non-hydrogen) atoms. The van der Waals surface area contributed by atoms with Gasteiger partial charge in [-0.3, -0.25) is 0 Å².